The molecule has 0 spiro atoms. The molecule has 1 amide bonds. The van der Waals surface area contributed by atoms with E-state index in [9.17, 15) is 20.1 Å². The molecule has 7 atom stereocenters. The van der Waals surface area contributed by atoms with E-state index in [1.54, 1.807) is 11.0 Å². The maximum absolute atomic E-state index is 14.0. The Balaban J connectivity index is 1.54. The largest absolute Gasteiger partial charge is 0.487 e. The van der Waals surface area contributed by atoms with Gasteiger partial charge in [-0.1, -0.05) is 36.2 Å². The zero-order chi connectivity index (χ0) is 41.6. The van der Waals surface area contributed by atoms with Crippen LogP contribution in [0.25, 0.3) is 0 Å². The number of carbonyl (C=O) groups is 1. The summed E-state index contributed by atoms with van der Waals surface area (Å²) in [6.45, 7) is 7.32. The molecule has 2 aliphatic carbocycles. The molecule has 0 bridgehead atoms. The SMILES string of the molecule is C=CCOC12Oc3ccc(OCc4cccc(C)n4)cc3C3C(CCCCO)C(CCCCO)C=C(C(=NOC4CCCCO4)CC1N(CCOCCO)C(=O)OC)C32. The highest BCUT2D eigenvalue weighted by atomic mass is 16.8. The predicted octanol–water partition coefficient (Wildman–Crippen LogP) is 6.21. The molecule has 0 radical (unpaired) electrons. The maximum atomic E-state index is 14.0. The van der Waals surface area contributed by atoms with E-state index >= 15 is 0 Å². The molecule has 2 aromatic rings. The molecule has 1 aromatic heterocycles. The predicted molar refractivity (Wildman–Crippen MR) is 220 cm³/mol. The molecular formula is C45H63N3O11. The standard InChI is InChI=1S/C45H63N3O11/c1-4-23-57-45-40(48(44(52)53-3)19-25-54-26-22-51)29-38(47-59-41-16-7-10-24-55-41)36-27-32(13-5-8-20-49)35(15-6-9-21-50)42(43(36)45)37-28-34(17-18-39(37)58-45)56-30-33-14-11-12-31(2)46-33/h4,11-12,14,17-18,27-28,32,35,40-43,49-51H,1,5-10,13,15-16,19-26,29-30H2,2-3H3. The van der Waals surface area contributed by atoms with Crippen molar-refractivity contribution in [2.75, 3.05) is 59.9 Å². The molecule has 14 nitrogen and oxygen atoms in total. The van der Waals surface area contributed by atoms with Crippen LogP contribution in [0.5, 0.6) is 11.5 Å². The van der Waals surface area contributed by atoms with Gasteiger partial charge in [0.05, 0.1) is 57.5 Å². The number of unbranched alkanes of at least 4 members (excludes halogenated alkanes) is 2. The number of aryl methyl sites for hydroxylation is 1. The van der Waals surface area contributed by atoms with E-state index in [0.29, 0.717) is 43.1 Å². The van der Waals surface area contributed by atoms with Gasteiger partial charge in [0.15, 0.2) is 0 Å². The number of amides is 1. The van der Waals surface area contributed by atoms with Gasteiger partial charge in [0, 0.05) is 49.8 Å². The second kappa shape index (κ2) is 22.0. The normalized spacial score (nSPS) is 26.5. The number of ether oxygens (including phenoxy) is 6. The number of hydrogen-bond acceptors (Lipinski definition) is 13. The van der Waals surface area contributed by atoms with E-state index < -0.39 is 30.1 Å². The number of hydrogen-bond donors (Lipinski definition) is 3. The summed E-state index contributed by atoms with van der Waals surface area (Å²) < 4.78 is 37.7. The van der Waals surface area contributed by atoms with Crippen LogP contribution < -0.4 is 9.47 Å². The smallest absolute Gasteiger partial charge is 0.410 e. The summed E-state index contributed by atoms with van der Waals surface area (Å²) in [4.78, 5) is 26.4. The lowest BCUT2D eigenvalue weighted by Crippen LogP contribution is -2.70. The molecule has 6 rings (SSSR count). The second-order valence-corrected chi connectivity index (χ2v) is 15.7. The third-order valence-electron chi connectivity index (χ3n) is 11.9. The first-order valence-corrected chi connectivity index (χ1v) is 21.3. The first kappa shape index (κ1) is 44.5. The fourth-order valence-electron chi connectivity index (χ4n) is 9.31. The highest BCUT2D eigenvalue weighted by Gasteiger charge is 2.65. The summed E-state index contributed by atoms with van der Waals surface area (Å²) in [5.74, 6) is -0.814. The van der Waals surface area contributed by atoms with Crippen molar-refractivity contribution >= 4 is 11.8 Å². The third kappa shape index (κ3) is 10.6. The fourth-order valence-corrected chi connectivity index (χ4v) is 9.31. The summed E-state index contributed by atoms with van der Waals surface area (Å²) in [5.41, 5.74) is 4.24. The summed E-state index contributed by atoms with van der Waals surface area (Å²) in [6, 6.07) is 10.9. The van der Waals surface area contributed by atoms with Crippen LogP contribution in [0.4, 0.5) is 4.79 Å². The number of fused-ring (bicyclic) bond motifs is 2. The number of aromatic nitrogens is 1. The lowest BCUT2D eigenvalue weighted by molar-refractivity contribution is -0.256. The molecule has 1 aromatic carbocycles. The summed E-state index contributed by atoms with van der Waals surface area (Å²) >= 11 is 0. The number of aliphatic hydroxyl groups is 3. The number of rotatable bonds is 22. The first-order chi connectivity index (χ1) is 28.9. The van der Waals surface area contributed by atoms with Gasteiger partial charge >= 0.3 is 6.09 Å². The first-order valence-electron chi connectivity index (χ1n) is 21.3. The van der Waals surface area contributed by atoms with E-state index in [0.717, 1.165) is 61.0 Å². The molecule has 2 fully saturated rings. The van der Waals surface area contributed by atoms with Gasteiger partial charge in [-0.2, -0.15) is 0 Å². The molecule has 324 valence electrons. The Hall–Kier alpha value is -4.05. The number of methoxy groups -OCH3 is 1. The second-order valence-electron chi connectivity index (χ2n) is 15.7. The van der Waals surface area contributed by atoms with Crippen LogP contribution in [0.3, 0.4) is 0 Å². The zero-order valence-electron chi connectivity index (χ0n) is 34.7. The van der Waals surface area contributed by atoms with Crippen LogP contribution in [0, 0.1) is 24.7 Å². The Morgan fingerprint density at radius 1 is 1.07 bits per heavy atom. The molecule has 1 saturated heterocycles. The van der Waals surface area contributed by atoms with Gasteiger partial charge in [0.1, 0.15) is 24.1 Å². The zero-order valence-corrected chi connectivity index (χ0v) is 34.7. The summed E-state index contributed by atoms with van der Waals surface area (Å²) in [5, 5.41) is 34.1. The van der Waals surface area contributed by atoms with E-state index in [2.05, 4.69) is 23.7 Å². The highest BCUT2D eigenvalue weighted by Crippen LogP contribution is 2.62. The Morgan fingerprint density at radius 3 is 2.63 bits per heavy atom. The quantitative estimate of drug-likeness (QED) is 0.0699. The monoisotopic (exact) mass is 821 g/mol. The summed E-state index contributed by atoms with van der Waals surface area (Å²) in [7, 11) is 1.34. The van der Waals surface area contributed by atoms with Crippen molar-refractivity contribution in [1.29, 1.82) is 0 Å². The molecule has 1 saturated carbocycles. The van der Waals surface area contributed by atoms with Gasteiger partial charge in [-0.05, 0) is 93.2 Å². The maximum Gasteiger partial charge on any atom is 0.410 e. The van der Waals surface area contributed by atoms with E-state index in [1.807, 2.05) is 37.3 Å². The van der Waals surface area contributed by atoms with Crippen molar-refractivity contribution in [3.05, 3.63) is 77.7 Å². The minimum atomic E-state index is -1.46. The van der Waals surface area contributed by atoms with Crippen LogP contribution in [0.2, 0.25) is 0 Å². The van der Waals surface area contributed by atoms with Gasteiger partial charge in [-0.25, -0.2) is 4.79 Å². The average molecular weight is 822 g/mol. The van der Waals surface area contributed by atoms with E-state index in [-0.39, 0.29) is 77.0 Å². The molecule has 59 heavy (non-hydrogen) atoms. The Kier molecular flexibility index (Phi) is 16.6. The fraction of sp³-hybridized carbons (Fsp3) is 0.622. The summed E-state index contributed by atoms with van der Waals surface area (Å²) in [6.07, 6.45) is 10.3. The number of nitrogens with zero attached hydrogens (tertiary/aromatic N) is 3. The lowest BCUT2D eigenvalue weighted by Gasteiger charge is -2.59. The molecule has 2 aliphatic heterocycles. The molecule has 7 unspecified atom stereocenters. The molecule has 14 heteroatoms. The number of carbonyl (C=O) groups excluding carboxylic acids is 1. The van der Waals surface area contributed by atoms with Crippen LogP contribution in [-0.2, 0) is 30.4 Å². The van der Waals surface area contributed by atoms with Crippen molar-refractivity contribution in [3.63, 3.8) is 0 Å². The van der Waals surface area contributed by atoms with Crippen molar-refractivity contribution in [3.8, 4) is 11.5 Å². The van der Waals surface area contributed by atoms with Gasteiger partial charge in [0.25, 0.3) is 0 Å². The minimum absolute atomic E-state index is 0.0408. The molecule has 3 N–H and O–H groups in total. The van der Waals surface area contributed by atoms with Gasteiger partial charge < -0.3 is 48.6 Å². The van der Waals surface area contributed by atoms with Crippen LogP contribution in [0.15, 0.2) is 65.9 Å². The number of aliphatic hydroxyl groups excluding tert-OH is 3. The van der Waals surface area contributed by atoms with E-state index in [1.165, 1.54) is 7.11 Å². The van der Waals surface area contributed by atoms with Crippen molar-refractivity contribution in [1.82, 2.24) is 9.88 Å². The van der Waals surface area contributed by atoms with Crippen LogP contribution in [-0.4, -0.2) is 115 Å². The molecule has 3 heterocycles. The molecule has 4 aliphatic rings. The Labute approximate surface area is 348 Å². The number of oxime groups is 1. The minimum Gasteiger partial charge on any atom is -0.487 e. The Bertz CT molecular complexity index is 1730. The average Bonchev–Trinajstić information content (AvgIpc) is 3.25. The van der Waals surface area contributed by atoms with Crippen LogP contribution in [0.1, 0.15) is 87.1 Å². The van der Waals surface area contributed by atoms with E-state index in [4.69, 9.17) is 38.4 Å². The number of allylic oxidation sites excluding steroid dienone is 1. The topological polar surface area (TPSA) is 171 Å². The lowest BCUT2D eigenvalue weighted by atomic mass is 9.55. The van der Waals surface area contributed by atoms with Gasteiger partial charge in [0.2, 0.25) is 12.1 Å². The highest BCUT2D eigenvalue weighted by molar-refractivity contribution is 6.03. The van der Waals surface area contributed by atoms with Crippen molar-refractivity contribution < 1.29 is 53.4 Å². The van der Waals surface area contributed by atoms with Gasteiger partial charge in [-0.3, -0.25) is 9.88 Å². The Morgan fingerprint density at radius 2 is 1.90 bits per heavy atom. The van der Waals surface area contributed by atoms with Gasteiger partial charge in [-0.15, -0.1) is 6.58 Å². The van der Waals surface area contributed by atoms with Crippen LogP contribution >= 0.6 is 0 Å². The van der Waals surface area contributed by atoms with Crippen molar-refractivity contribution in [2.24, 2.45) is 22.9 Å². The number of benzene rings is 1. The molecular weight excluding hydrogens is 759 g/mol. The van der Waals surface area contributed by atoms with Crippen molar-refractivity contribution in [2.45, 2.75) is 102 Å². The third-order valence-corrected chi connectivity index (χ3v) is 11.9. The number of pyridine rings is 1.